The number of piperidine rings is 1. The first-order chi connectivity index (χ1) is 7.25. The highest BCUT2D eigenvalue weighted by Gasteiger charge is 2.12. The van der Waals surface area contributed by atoms with Crippen LogP contribution < -0.4 is 10.6 Å². The van der Waals surface area contributed by atoms with E-state index in [4.69, 9.17) is 0 Å². The van der Waals surface area contributed by atoms with E-state index in [1.54, 1.807) is 0 Å². The molecule has 2 rings (SSSR count). The first-order valence-electron chi connectivity index (χ1n) is 5.49. The predicted molar refractivity (Wildman–Crippen MR) is 68.4 cm³/mol. The monoisotopic (exact) mass is 268 g/mol. The fourth-order valence-corrected chi connectivity index (χ4v) is 2.27. The Kier molecular flexibility index (Phi) is 3.65. The Morgan fingerprint density at radius 2 is 2.33 bits per heavy atom. The zero-order chi connectivity index (χ0) is 10.7. The van der Waals surface area contributed by atoms with Crippen LogP contribution >= 0.6 is 15.9 Å². The number of halogens is 1. The highest BCUT2D eigenvalue weighted by molar-refractivity contribution is 9.10. The Bertz CT molecular complexity index is 332. The molecule has 82 valence electrons. The molecule has 1 aliphatic rings. The second-order valence-corrected chi connectivity index (χ2v) is 5.01. The van der Waals surface area contributed by atoms with Gasteiger partial charge in [0.1, 0.15) is 0 Å². The van der Waals surface area contributed by atoms with E-state index in [0.717, 1.165) is 13.1 Å². The SMILES string of the molecule is Cc1ccc(NC2CCCNC2)cc1Br. The molecule has 1 heterocycles. The smallest absolute Gasteiger partial charge is 0.0386 e. The number of anilines is 1. The Morgan fingerprint density at radius 3 is 3.00 bits per heavy atom. The van der Waals surface area contributed by atoms with Crippen LogP contribution in [-0.4, -0.2) is 19.1 Å². The average molecular weight is 269 g/mol. The Hall–Kier alpha value is -0.540. The van der Waals surface area contributed by atoms with E-state index in [1.807, 2.05) is 0 Å². The highest BCUT2D eigenvalue weighted by Crippen LogP contribution is 2.21. The lowest BCUT2D eigenvalue weighted by molar-refractivity contribution is 0.480. The van der Waals surface area contributed by atoms with Crippen molar-refractivity contribution >= 4 is 21.6 Å². The lowest BCUT2D eigenvalue weighted by atomic mass is 10.1. The maximum Gasteiger partial charge on any atom is 0.0386 e. The van der Waals surface area contributed by atoms with Gasteiger partial charge in [-0.3, -0.25) is 0 Å². The van der Waals surface area contributed by atoms with Crippen molar-refractivity contribution in [2.45, 2.75) is 25.8 Å². The Morgan fingerprint density at radius 1 is 1.47 bits per heavy atom. The number of aryl methyl sites for hydroxylation is 1. The minimum atomic E-state index is 0.577. The first-order valence-corrected chi connectivity index (χ1v) is 6.28. The minimum absolute atomic E-state index is 0.577. The van der Waals surface area contributed by atoms with E-state index in [2.05, 4.69) is 51.7 Å². The van der Waals surface area contributed by atoms with Crippen LogP contribution in [0.5, 0.6) is 0 Å². The van der Waals surface area contributed by atoms with Crippen molar-refractivity contribution in [2.24, 2.45) is 0 Å². The molecular weight excluding hydrogens is 252 g/mol. The molecule has 0 bridgehead atoms. The van der Waals surface area contributed by atoms with E-state index in [1.165, 1.54) is 28.6 Å². The third-order valence-corrected chi connectivity index (χ3v) is 3.69. The fourth-order valence-electron chi connectivity index (χ4n) is 1.89. The summed E-state index contributed by atoms with van der Waals surface area (Å²) in [5.41, 5.74) is 2.49. The molecule has 15 heavy (non-hydrogen) atoms. The van der Waals surface area contributed by atoms with Crippen molar-refractivity contribution in [2.75, 3.05) is 18.4 Å². The molecule has 0 aromatic heterocycles. The van der Waals surface area contributed by atoms with Gasteiger partial charge in [0.15, 0.2) is 0 Å². The van der Waals surface area contributed by atoms with Crippen molar-refractivity contribution < 1.29 is 0 Å². The number of hydrogen-bond donors (Lipinski definition) is 2. The standard InChI is InChI=1S/C12H17BrN2/c1-9-4-5-10(7-12(9)13)15-11-3-2-6-14-8-11/h4-5,7,11,14-15H,2-3,6,8H2,1H3. The maximum absolute atomic E-state index is 3.56. The van der Waals surface area contributed by atoms with Crippen LogP contribution in [0.1, 0.15) is 18.4 Å². The lowest BCUT2D eigenvalue weighted by Crippen LogP contribution is -2.38. The van der Waals surface area contributed by atoms with Crippen LogP contribution in [0.3, 0.4) is 0 Å². The van der Waals surface area contributed by atoms with Gasteiger partial charge in [0.05, 0.1) is 0 Å². The summed E-state index contributed by atoms with van der Waals surface area (Å²) in [5, 5.41) is 6.96. The molecule has 2 N–H and O–H groups in total. The molecule has 0 aliphatic carbocycles. The van der Waals surface area contributed by atoms with Gasteiger partial charge < -0.3 is 10.6 Å². The summed E-state index contributed by atoms with van der Waals surface area (Å²) in [4.78, 5) is 0. The van der Waals surface area contributed by atoms with Crippen LogP contribution in [0.4, 0.5) is 5.69 Å². The van der Waals surface area contributed by atoms with E-state index < -0.39 is 0 Å². The second-order valence-electron chi connectivity index (χ2n) is 4.15. The van der Waals surface area contributed by atoms with Crippen LogP contribution in [0.25, 0.3) is 0 Å². The molecule has 2 nitrogen and oxygen atoms in total. The zero-order valence-corrected chi connectivity index (χ0v) is 10.6. The third kappa shape index (κ3) is 2.95. The van der Waals surface area contributed by atoms with E-state index in [-0.39, 0.29) is 0 Å². The van der Waals surface area contributed by atoms with Gasteiger partial charge in [-0.05, 0) is 44.0 Å². The summed E-state index contributed by atoms with van der Waals surface area (Å²) < 4.78 is 1.18. The van der Waals surface area contributed by atoms with Gasteiger partial charge in [0.25, 0.3) is 0 Å². The molecule has 1 aromatic rings. The average Bonchev–Trinajstić information content (AvgIpc) is 2.25. The van der Waals surface area contributed by atoms with Gasteiger partial charge >= 0.3 is 0 Å². The molecule has 1 fully saturated rings. The molecule has 0 radical (unpaired) electrons. The van der Waals surface area contributed by atoms with Crippen LogP contribution in [0.2, 0.25) is 0 Å². The molecule has 3 heteroatoms. The van der Waals surface area contributed by atoms with Crippen molar-refractivity contribution in [1.82, 2.24) is 5.32 Å². The largest absolute Gasteiger partial charge is 0.381 e. The van der Waals surface area contributed by atoms with Crippen molar-refractivity contribution in [3.8, 4) is 0 Å². The molecule has 0 saturated carbocycles. The van der Waals surface area contributed by atoms with Gasteiger partial charge in [-0.25, -0.2) is 0 Å². The molecular formula is C12H17BrN2. The summed E-state index contributed by atoms with van der Waals surface area (Å²) in [6, 6.07) is 7.02. The summed E-state index contributed by atoms with van der Waals surface area (Å²) in [5.74, 6) is 0. The van der Waals surface area contributed by atoms with E-state index >= 15 is 0 Å². The number of hydrogen-bond acceptors (Lipinski definition) is 2. The normalized spacial score (nSPS) is 21.3. The van der Waals surface area contributed by atoms with Crippen LogP contribution in [0, 0.1) is 6.92 Å². The van der Waals surface area contributed by atoms with Gasteiger partial charge in [-0.1, -0.05) is 22.0 Å². The Labute approximate surface area is 99.6 Å². The second kappa shape index (κ2) is 4.99. The van der Waals surface area contributed by atoms with Gasteiger partial charge in [0.2, 0.25) is 0 Å². The third-order valence-electron chi connectivity index (χ3n) is 2.84. The predicted octanol–water partition coefficient (Wildman–Crippen LogP) is 2.92. The number of rotatable bonds is 2. The fraction of sp³-hybridized carbons (Fsp3) is 0.500. The van der Waals surface area contributed by atoms with Gasteiger partial charge in [-0.2, -0.15) is 0 Å². The van der Waals surface area contributed by atoms with E-state index in [9.17, 15) is 0 Å². The highest BCUT2D eigenvalue weighted by atomic mass is 79.9. The molecule has 1 saturated heterocycles. The number of benzene rings is 1. The summed E-state index contributed by atoms with van der Waals surface area (Å²) in [6.07, 6.45) is 2.53. The maximum atomic E-state index is 3.56. The molecule has 1 unspecified atom stereocenters. The van der Waals surface area contributed by atoms with Crippen LogP contribution in [-0.2, 0) is 0 Å². The van der Waals surface area contributed by atoms with Gasteiger partial charge in [-0.15, -0.1) is 0 Å². The first kappa shape index (κ1) is 11.0. The molecule has 0 spiro atoms. The summed E-state index contributed by atoms with van der Waals surface area (Å²) in [6.45, 7) is 4.34. The number of nitrogens with one attached hydrogen (secondary N) is 2. The molecule has 1 aromatic carbocycles. The molecule has 1 aliphatic heterocycles. The quantitative estimate of drug-likeness (QED) is 0.862. The molecule has 1 atom stereocenters. The topological polar surface area (TPSA) is 24.1 Å². The zero-order valence-electron chi connectivity index (χ0n) is 9.02. The minimum Gasteiger partial charge on any atom is -0.381 e. The van der Waals surface area contributed by atoms with Gasteiger partial charge in [0, 0.05) is 22.7 Å². The van der Waals surface area contributed by atoms with Crippen molar-refractivity contribution in [3.63, 3.8) is 0 Å². The Balaban J connectivity index is 2.00. The lowest BCUT2D eigenvalue weighted by Gasteiger charge is -2.25. The molecule has 0 amide bonds. The van der Waals surface area contributed by atoms with Crippen LogP contribution in [0.15, 0.2) is 22.7 Å². The van der Waals surface area contributed by atoms with E-state index in [0.29, 0.717) is 6.04 Å². The summed E-state index contributed by atoms with van der Waals surface area (Å²) >= 11 is 3.56. The summed E-state index contributed by atoms with van der Waals surface area (Å²) in [7, 11) is 0. The van der Waals surface area contributed by atoms with Crippen molar-refractivity contribution in [3.05, 3.63) is 28.2 Å². The van der Waals surface area contributed by atoms with Crippen molar-refractivity contribution in [1.29, 1.82) is 0 Å².